The lowest BCUT2D eigenvalue weighted by Crippen LogP contribution is -2.37. The second kappa shape index (κ2) is 10.1. The van der Waals surface area contributed by atoms with Crippen molar-refractivity contribution >= 4 is 0 Å². The highest BCUT2D eigenvalue weighted by atomic mass is 16.5. The Hall–Kier alpha value is -0.940. The zero-order valence-corrected chi connectivity index (χ0v) is 14.9. The van der Waals surface area contributed by atoms with Crippen molar-refractivity contribution in [2.45, 2.75) is 25.7 Å². The molecule has 2 saturated heterocycles. The topological polar surface area (TPSA) is 24.9 Å². The normalized spacial score (nSPS) is 20.3. The van der Waals surface area contributed by atoms with E-state index in [2.05, 4.69) is 34.1 Å². The standard InChI is InChI=1S/C20H32N2O2/c1-2-6-20(8-4-10-22-13-17-24-18-14-22)19(5-1)7-3-9-21-11-15-23-16-12-21/h1-2,5-6H,3-4,7-18H2. The summed E-state index contributed by atoms with van der Waals surface area (Å²) < 4.78 is 10.8. The largest absolute Gasteiger partial charge is 0.379 e. The van der Waals surface area contributed by atoms with E-state index >= 15 is 0 Å². The number of hydrogen-bond acceptors (Lipinski definition) is 4. The van der Waals surface area contributed by atoms with Gasteiger partial charge in [0.15, 0.2) is 0 Å². The monoisotopic (exact) mass is 332 g/mol. The fraction of sp³-hybridized carbons (Fsp3) is 0.700. The second-order valence-electron chi connectivity index (χ2n) is 6.88. The van der Waals surface area contributed by atoms with Crippen LogP contribution in [0.3, 0.4) is 0 Å². The molecular weight excluding hydrogens is 300 g/mol. The van der Waals surface area contributed by atoms with Gasteiger partial charge in [0.1, 0.15) is 0 Å². The maximum absolute atomic E-state index is 5.42. The summed E-state index contributed by atoms with van der Waals surface area (Å²) in [5, 5.41) is 0. The average molecular weight is 332 g/mol. The first-order chi connectivity index (χ1) is 11.9. The smallest absolute Gasteiger partial charge is 0.0594 e. The molecule has 2 fully saturated rings. The van der Waals surface area contributed by atoms with Crippen LogP contribution in [0, 0.1) is 0 Å². The lowest BCUT2D eigenvalue weighted by molar-refractivity contribution is 0.0372. The molecule has 0 amide bonds. The molecule has 1 aromatic rings. The fourth-order valence-electron chi connectivity index (χ4n) is 3.68. The molecule has 2 heterocycles. The second-order valence-corrected chi connectivity index (χ2v) is 6.88. The molecule has 0 saturated carbocycles. The number of aryl methyl sites for hydroxylation is 2. The number of nitrogens with zero attached hydrogens (tertiary/aromatic N) is 2. The molecule has 4 heteroatoms. The summed E-state index contributed by atoms with van der Waals surface area (Å²) in [4.78, 5) is 5.06. The maximum Gasteiger partial charge on any atom is 0.0594 e. The number of benzene rings is 1. The fourth-order valence-corrected chi connectivity index (χ4v) is 3.68. The van der Waals surface area contributed by atoms with E-state index in [9.17, 15) is 0 Å². The third kappa shape index (κ3) is 5.85. The van der Waals surface area contributed by atoms with E-state index in [1.54, 1.807) is 11.1 Å². The van der Waals surface area contributed by atoms with Gasteiger partial charge in [-0.05, 0) is 49.9 Å². The van der Waals surface area contributed by atoms with Gasteiger partial charge in [-0.2, -0.15) is 0 Å². The first-order valence-electron chi connectivity index (χ1n) is 9.59. The minimum atomic E-state index is 0.901. The molecule has 134 valence electrons. The van der Waals surface area contributed by atoms with Gasteiger partial charge in [-0.15, -0.1) is 0 Å². The van der Waals surface area contributed by atoms with Crippen molar-refractivity contribution in [3.8, 4) is 0 Å². The van der Waals surface area contributed by atoms with Crippen LogP contribution in [0.25, 0.3) is 0 Å². The third-order valence-electron chi connectivity index (χ3n) is 5.17. The Morgan fingerprint density at radius 3 is 1.50 bits per heavy atom. The van der Waals surface area contributed by atoms with Crippen molar-refractivity contribution in [2.75, 3.05) is 65.7 Å². The first kappa shape index (κ1) is 17.9. The highest BCUT2D eigenvalue weighted by molar-refractivity contribution is 5.27. The molecule has 4 nitrogen and oxygen atoms in total. The van der Waals surface area contributed by atoms with Gasteiger partial charge < -0.3 is 9.47 Å². The molecule has 24 heavy (non-hydrogen) atoms. The van der Waals surface area contributed by atoms with E-state index in [-0.39, 0.29) is 0 Å². The summed E-state index contributed by atoms with van der Waals surface area (Å²) in [5.74, 6) is 0. The van der Waals surface area contributed by atoms with Gasteiger partial charge in [-0.25, -0.2) is 0 Å². The summed E-state index contributed by atoms with van der Waals surface area (Å²) in [6, 6.07) is 9.03. The summed E-state index contributed by atoms with van der Waals surface area (Å²) >= 11 is 0. The Bertz CT molecular complexity index is 425. The summed E-state index contributed by atoms with van der Waals surface area (Å²) in [5.41, 5.74) is 3.10. The van der Waals surface area contributed by atoms with Gasteiger partial charge in [0.2, 0.25) is 0 Å². The van der Waals surface area contributed by atoms with E-state index in [1.165, 1.54) is 38.8 Å². The van der Waals surface area contributed by atoms with Crippen molar-refractivity contribution in [3.05, 3.63) is 35.4 Å². The number of morpholine rings is 2. The summed E-state index contributed by atoms with van der Waals surface area (Å²) in [6.45, 7) is 10.4. The lowest BCUT2D eigenvalue weighted by Gasteiger charge is -2.27. The van der Waals surface area contributed by atoms with Crippen molar-refractivity contribution < 1.29 is 9.47 Å². The van der Waals surface area contributed by atoms with Gasteiger partial charge in [0.25, 0.3) is 0 Å². The van der Waals surface area contributed by atoms with E-state index in [1.807, 2.05) is 0 Å². The van der Waals surface area contributed by atoms with Crippen LogP contribution in [0.1, 0.15) is 24.0 Å². The summed E-state index contributed by atoms with van der Waals surface area (Å²) in [6.07, 6.45) is 4.90. The Balaban J connectivity index is 1.40. The van der Waals surface area contributed by atoms with Crippen molar-refractivity contribution in [3.63, 3.8) is 0 Å². The molecule has 2 aliphatic rings. The van der Waals surface area contributed by atoms with Crippen LogP contribution in [-0.2, 0) is 22.3 Å². The molecular formula is C20H32N2O2. The molecule has 0 spiro atoms. The molecule has 0 bridgehead atoms. The van der Waals surface area contributed by atoms with Gasteiger partial charge in [-0.1, -0.05) is 24.3 Å². The Labute approximate surface area is 146 Å². The third-order valence-corrected chi connectivity index (χ3v) is 5.17. The predicted octanol–water partition coefficient (Wildman–Crippen LogP) is 2.22. The maximum atomic E-state index is 5.42. The Morgan fingerprint density at radius 2 is 1.08 bits per heavy atom. The molecule has 0 unspecified atom stereocenters. The Morgan fingerprint density at radius 1 is 0.667 bits per heavy atom. The summed E-state index contributed by atoms with van der Waals surface area (Å²) in [7, 11) is 0. The molecule has 0 aromatic heterocycles. The first-order valence-corrected chi connectivity index (χ1v) is 9.59. The van der Waals surface area contributed by atoms with Crippen LogP contribution in [0.2, 0.25) is 0 Å². The number of ether oxygens (including phenoxy) is 2. The lowest BCUT2D eigenvalue weighted by atomic mass is 9.99. The van der Waals surface area contributed by atoms with Crippen LogP contribution in [0.5, 0.6) is 0 Å². The zero-order valence-electron chi connectivity index (χ0n) is 14.9. The van der Waals surface area contributed by atoms with Gasteiger partial charge in [-0.3, -0.25) is 9.80 Å². The highest BCUT2D eigenvalue weighted by Gasteiger charge is 2.11. The van der Waals surface area contributed by atoms with Gasteiger partial charge in [0, 0.05) is 26.2 Å². The molecule has 0 radical (unpaired) electrons. The van der Waals surface area contributed by atoms with E-state index in [0.717, 1.165) is 52.6 Å². The predicted molar refractivity (Wildman–Crippen MR) is 97.6 cm³/mol. The van der Waals surface area contributed by atoms with Crippen molar-refractivity contribution in [2.24, 2.45) is 0 Å². The van der Waals surface area contributed by atoms with Gasteiger partial charge in [0.05, 0.1) is 26.4 Å². The number of rotatable bonds is 8. The van der Waals surface area contributed by atoms with Crippen LogP contribution in [-0.4, -0.2) is 75.5 Å². The molecule has 0 N–H and O–H groups in total. The van der Waals surface area contributed by atoms with Crippen molar-refractivity contribution in [1.29, 1.82) is 0 Å². The Kier molecular flexibility index (Phi) is 7.55. The zero-order chi connectivity index (χ0) is 16.5. The van der Waals surface area contributed by atoms with Crippen LogP contribution in [0.4, 0.5) is 0 Å². The molecule has 0 atom stereocenters. The molecule has 0 aliphatic carbocycles. The van der Waals surface area contributed by atoms with Gasteiger partial charge >= 0.3 is 0 Å². The minimum absolute atomic E-state index is 0.901. The molecule has 3 rings (SSSR count). The number of hydrogen-bond donors (Lipinski definition) is 0. The van der Waals surface area contributed by atoms with Crippen LogP contribution < -0.4 is 0 Å². The van der Waals surface area contributed by atoms with Crippen LogP contribution in [0.15, 0.2) is 24.3 Å². The van der Waals surface area contributed by atoms with E-state index < -0.39 is 0 Å². The minimum Gasteiger partial charge on any atom is -0.379 e. The molecule has 1 aromatic carbocycles. The van der Waals surface area contributed by atoms with Crippen LogP contribution >= 0.6 is 0 Å². The van der Waals surface area contributed by atoms with Crippen molar-refractivity contribution in [1.82, 2.24) is 9.80 Å². The molecule has 2 aliphatic heterocycles. The SMILES string of the molecule is c1ccc(CCCN2CCOCC2)c(CCCN2CCOCC2)c1. The van der Waals surface area contributed by atoms with E-state index in [4.69, 9.17) is 9.47 Å². The van der Waals surface area contributed by atoms with E-state index in [0.29, 0.717) is 0 Å². The quantitative estimate of drug-likeness (QED) is 0.729. The highest BCUT2D eigenvalue weighted by Crippen LogP contribution is 2.14. The average Bonchev–Trinajstić information content (AvgIpc) is 2.65.